The van der Waals surface area contributed by atoms with E-state index in [9.17, 15) is 8.42 Å². The van der Waals surface area contributed by atoms with Crippen molar-refractivity contribution in [3.05, 3.63) is 43.0 Å². The van der Waals surface area contributed by atoms with Crippen molar-refractivity contribution >= 4 is 32.5 Å². The number of hydrogen-bond acceptors (Lipinski definition) is 8. The lowest BCUT2D eigenvalue weighted by molar-refractivity contribution is 0.599. The standard InChI is InChI=1S/C21H24N8O2S/c1-26-13-15(12-24-26)19-25-18-20(27(19)2)22-14-23-21(18)29-10-8-28(9-11-29)16-6-4-5-7-17(16)32(3,30)31/h4-7,12-14H,8-11H2,1-3H3. The maximum Gasteiger partial charge on any atom is 0.177 e. The molecule has 1 aromatic carbocycles. The molecule has 0 unspecified atom stereocenters. The minimum Gasteiger partial charge on any atom is -0.367 e. The number of aryl methyl sites for hydroxylation is 2. The van der Waals surface area contributed by atoms with Crippen molar-refractivity contribution < 1.29 is 8.42 Å². The van der Waals surface area contributed by atoms with Crippen LogP contribution in [0.5, 0.6) is 0 Å². The summed E-state index contributed by atoms with van der Waals surface area (Å²) in [5.41, 5.74) is 3.18. The van der Waals surface area contributed by atoms with Gasteiger partial charge in [-0.1, -0.05) is 12.1 Å². The third-order valence-corrected chi connectivity index (χ3v) is 6.93. The van der Waals surface area contributed by atoms with Gasteiger partial charge in [-0.2, -0.15) is 5.10 Å². The molecule has 0 spiro atoms. The summed E-state index contributed by atoms with van der Waals surface area (Å²) in [6.45, 7) is 2.76. The summed E-state index contributed by atoms with van der Waals surface area (Å²) < 4.78 is 28.1. The third-order valence-electron chi connectivity index (χ3n) is 5.78. The SMILES string of the molecule is Cn1cc(-c2nc3c(N4CCN(c5ccccc5S(C)(=O)=O)CC4)ncnc3n2C)cn1. The minimum absolute atomic E-state index is 0.365. The summed E-state index contributed by atoms with van der Waals surface area (Å²) in [7, 11) is 0.513. The average Bonchev–Trinajstić information content (AvgIpc) is 3.36. The van der Waals surface area contributed by atoms with Crippen molar-refractivity contribution in [2.75, 3.05) is 42.2 Å². The fraction of sp³-hybridized carbons (Fsp3) is 0.333. The van der Waals surface area contributed by atoms with E-state index in [4.69, 9.17) is 4.98 Å². The van der Waals surface area contributed by atoms with E-state index in [1.807, 2.05) is 37.0 Å². The summed E-state index contributed by atoms with van der Waals surface area (Å²) in [5, 5.41) is 4.25. The molecular weight excluding hydrogens is 428 g/mol. The molecule has 166 valence electrons. The van der Waals surface area contributed by atoms with Crippen LogP contribution in [0, 0.1) is 0 Å². The lowest BCUT2D eigenvalue weighted by Gasteiger charge is -2.37. The molecule has 3 aromatic heterocycles. The molecule has 1 fully saturated rings. The fourth-order valence-corrected chi connectivity index (χ4v) is 5.11. The lowest BCUT2D eigenvalue weighted by atomic mass is 10.2. The van der Waals surface area contributed by atoms with Crippen LogP contribution in [0.2, 0.25) is 0 Å². The molecule has 10 nitrogen and oxygen atoms in total. The van der Waals surface area contributed by atoms with Crippen LogP contribution in [0.4, 0.5) is 11.5 Å². The fourth-order valence-electron chi connectivity index (χ4n) is 4.20. The molecule has 5 rings (SSSR count). The second-order valence-electron chi connectivity index (χ2n) is 7.98. The Bertz CT molecular complexity index is 1400. The molecule has 1 saturated heterocycles. The number of benzene rings is 1. The Morgan fingerprint density at radius 2 is 1.69 bits per heavy atom. The van der Waals surface area contributed by atoms with Crippen LogP contribution < -0.4 is 9.80 Å². The van der Waals surface area contributed by atoms with Crippen molar-refractivity contribution in [3.63, 3.8) is 0 Å². The first-order chi connectivity index (χ1) is 15.3. The van der Waals surface area contributed by atoms with Gasteiger partial charge in [0.05, 0.1) is 22.3 Å². The zero-order chi connectivity index (χ0) is 22.5. The van der Waals surface area contributed by atoms with Crippen molar-refractivity contribution in [1.82, 2.24) is 29.3 Å². The van der Waals surface area contributed by atoms with E-state index in [1.165, 1.54) is 6.26 Å². The van der Waals surface area contributed by atoms with Crippen LogP contribution in [0.15, 0.2) is 47.9 Å². The normalized spacial score (nSPS) is 15.0. The summed E-state index contributed by atoms with van der Waals surface area (Å²) in [5.74, 6) is 1.58. The molecule has 1 aliphatic rings. The molecule has 0 radical (unpaired) electrons. The zero-order valence-corrected chi connectivity index (χ0v) is 19.0. The van der Waals surface area contributed by atoms with E-state index < -0.39 is 9.84 Å². The molecule has 0 bridgehead atoms. The number of para-hydroxylation sites is 1. The highest BCUT2D eigenvalue weighted by Crippen LogP contribution is 2.30. The Hall–Kier alpha value is -3.47. The summed E-state index contributed by atoms with van der Waals surface area (Å²) in [4.78, 5) is 18.5. The Morgan fingerprint density at radius 3 is 2.38 bits per heavy atom. The van der Waals surface area contributed by atoms with Gasteiger partial charge in [-0.3, -0.25) is 4.68 Å². The van der Waals surface area contributed by atoms with Gasteiger partial charge in [0.25, 0.3) is 0 Å². The van der Waals surface area contributed by atoms with Gasteiger partial charge in [0, 0.05) is 52.7 Å². The van der Waals surface area contributed by atoms with Crippen molar-refractivity contribution in [3.8, 4) is 11.4 Å². The number of imidazole rings is 1. The Labute approximate surface area is 186 Å². The van der Waals surface area contributed by atoms with E-state index in [2.05, 4.69) is 24.9 Å². The van der Waals surface area contributed by atoms with Crippen LogP contribution >= 0.6 is 0 Å². The van der Waals surface area contributed by atoms with Crippen LogP contribution in [-0.2, 0) is 23.9 Å². The predicted molar refractivity (Wildman–Crippen MR) is 122 cm³/mol. The predicted octanol–water partition coefficient (Wildman–Crippen LogP) is 1.49. The number of sulfone groups is 1. The Kier molecular flexibility index (Phi) is 4.85. The van der Waals surface area contributed by atoms with Gasteiger partial charge in [0.15, 0.2) is 26.8 Å². The molecular formula is C21H24N8O2S. The van der Waals surface area contributed by atoms with Crippen LogP contribution in [-0.4, -0.2) is 70.2 Å². The molecule has 0 amide bonds. The van der Waals surface area contributed by atoms with Crippen LogP contribution in [0.3, 0.4) is 0 Å². The highest BCUT2D eigenvalue weighted by Gasteiger charge is 2.25. The maximum atomic E-state index is 12.2. The monoisotopic (exact) mass is 452 g/mol. The minimum atomic E-state index is -3.30. The van der Waals surface area contributed by atoms with Crippen LogP contribution in [0.25, 0.3) is 22.6 Å². The molecule has 0 N–H and O–H groups in total. The number of anilines is 2. The highest BCUT2D eigenvalue weighted by atomic mass is 32.2. The Balaban J connectivity index is 1.44. The first kappa shape index (κ1) is 20.4. The second-order valence-corrected chi connectivity index (χ2v) is 9.96. The lowest BCUT2D eigenvalue weighted by Crippen LogP contribution is -2.47. The molecule has 32 heavy (non-hydrogen) atoms. The topological polar surface area (TPSA) is 102 Å². The van der Waals surface area contributed by atoms with Gasteiger partial charge in [-0.05, 0) is 12.1 Å². The van der Waals surface area contributed by atoms with E-state index >= 15 is 0 Å². The van der Waals surface area contributed by atoms with Crippen molar-refractivity contribution in [2.45, 2.75) is 4.90 Å². The van der Waals surface area contributed by atoms with Gasteiger partial charge in [0.2, 0.25) is 0 Å². The first-order valence-corrected chi connectivity index (χ1v) is 12.2. The first-order valence-electron chi connectivity index (χ1n) is 10.3. The van der Waals surface area contributed by atoms with E-state index in [-0.39, 0.29) is 0 Å². The molecule has 0 aliphatic carbocycles. The average molecular weight is 453 g/mol. The largest absolute Gasteiger partial charge is 0.367 e. The molecule has 1 aliphatic heterocycles. The number of nitrogens with zero attached hydrogens (tertiary/aromatic N) is 8. The van der Waals surface area contributed by atoms with E-state index in [1.54, 1.807) is 29.3 Å². The molecule has 4 heterocycles. The molecule has 0 atom stereocenters. The summed E-state index contributed by atoms with van der Waals surface area (Å²) in [6, 6.07) is 7.17. The van der Waals surface area contributed by atoms with Gasteiger partial charge in [-0.15, -0.1) is 0 Å². The van der Waals surface area contributed by atoms with Crippen molar-refractivity contribution in [2.24, 2.45) is 14.1 Å². The number of rotatable bonds is 4. The number of fused-ring (bicyclic) bond motifs is 1. The summed E-state index contributed by atoms with van der Waals surface area (Å²) in [6.07, 6.45) is 6.52. The van der Waals surface area contributed by atoms with Gasteiger partial charge in [0.1, 0.15) is 12.2 Å². The second kappa shape index (κ2) is 7.59. The molecule has 0 saturated carbocycles. The van der Waals surface area contributed by atoms with E-state index in [0.29, 0.717) is 31.1 Å². The third kappa shape index (κ3) is 3.48. The van der Waals surface area contributed by atoms with Gasteiger partial charge >= 0.3 is 0 Å². The maximum absolute atomic E-state index is 12.2. The summed E-state index contributed by atoms with van der Waals surface area (Å²) >= 11 is 0. The molecule has 4 aromatic rings. The zero-order valence-electron chi connectivity index (χ0n) is 18.2. The van der Waals surface area contributed by atoms with E-state index in [0.717, 1.165) is 34.1 Å². The Morgan fingerprint density at radius 1 is 0.969 bits per heavy atom. The quantitative estimate of drug-likeness (QED) is 0.459. The van der Waals surface area contributed by atoms with Gasteiger partial charge in [-0.25, -0.2) is 23.4 Å². The van der Waals surface area contributed by atoms with Crippen molar-refractivity contribution in [1.29, 1.82) is 0 Å². The van der Waals surface area contributed by atoms with Crippen LogP contribution in [0.1, 0.15) is 0 Å². The number of hydrogen-bond donors (Lipinski definition) is 0. The smallest absolute Gasteiger partial charge is 0.177 e. The highest BCUT2D eigenvalue weighted by molar-refractivity contribution is 7.90. The number of aromatic nitrogens is 6. The molecule has 11 heteroatoms. The van der Waals surface area contributed by atoms with Gasteiger partial charge < -0.3 is 14.4 Å². The number of piperazine rings is 1.